The third kappa shape index (κ3) is 2.85. The molecule has 17 heavy (non-hydrogen) atoms. The van der Waals surface area contributed by atoms with E-state index in [0.29, 0.717) is 19.6 Å². The zero-order valence-electron chi connectivity index (χ0n) is 10.3. The topological polar surface area (TPSA) is 51.6 Å². The third-order valence-corrected chi connectivity index (χ3v) is 4.24. The molecule has 2 rings (SSSR count). The number of thiazole rings is 1. The minimum Gasteiger partial charge on any atom is -0.390 e. The van der Waals surface area contributed by atoms with E-state index >= 15 is 0 Å². The summed E-state index contributed by atoms with van der Waals surface area (Å²) in [5.74, 6) is 0. The van der Waals surface area contributed by atoms with E-state index in [0.717, 1.165) is 23.5 Å². The number of aliphatic hydroxyl groups is 1. The summed E-state index contributed by atoms with van der Waals surface area (Å²) in [6, 6.07) is 0. The summed E-state index contributed by atoms with van der Waals surface area (Å²) in [6.07, 6.45) is 1.53. The first-order valence-electron chi connectivity index (χ1n) is 5.88. The minimum absolute atomic E-state index is 0.463. The van der Waals surface area contributed by atoms with Gasteiger partial charge in [0.05, 0.1) is 22.4 Å². The molecule has 0 amide bonds. The molecule has 0 aliphatic carbocycles. The highest BCUT2D eigenvalue weighted by molar-refractivity contribution is 7.09. The van der Waals surface area contributed by atoms with Crippen molar-refractivity contribution < 1.29 is 14.6 Å². The zero-order valence-corrected chi connectivity index (χ0v) is 11.1. The van der Waals surface area contributed by atoms with E-state index in [1.165, 1.54) is 0 Å². The molecule has 0 spiro atoms. The van der Waals surface area contributed by atoms with Crippen LogP contribution in [0.2, 0.25) is 0 Å². The molecule has 1 aromatic heterocycles. The van der Waals surface area contributed by atoms with Crippen molar-refractivity contribution in [1.82, 2.24) is 4.98 Å². The summed E-state index contributed by atoms with van der Waals surface area (Å²) in [4.78, 5) is 4.38. The Morgan fingerprint density at radius 1 is 1.59 bits per heavy atom. The van der Waals surface area contributed by atoms with Gasteiger partial charge in [-0.05, 0) is 6.92 Å². The Bertz CT molecular complexity index is 360. The molecule has 0 aromatic carbocycles. The molecule has 1 aliphatic rings. The van der Waals surface area contributed by atoms with Gasteiger partial charge in [-0.1, -0.05) is 0 Å². The molecule has 1 fully saturated rings. The van der Waals surface area contributed by atoms with Gasteiger partial charge < -0.3 is 14.6 Å². The van der Waals surface area contributed by atoms with Crippen molar-refractivity contribution in [3.8, 4) is 0 Å². The van der Waals surface area contributed by atoms with E-state index < -0.39 is 11.7 Å². The maximum atomic E-state index is 10.4. The number of aryl methyl sites for hydroxylation is 1. The molecule has 1 aromatic rings. The maximum absolute atomic E-state index is 10.4. The number of aromatic nitrogens is 1. The summed E-state index contributed by atoms with van der Waals surface area (Å²) >= 11 is 1.61. The van der Waals surface area contributed by atoms with E-state index in [1.54, 1.807) is 18.4 Å². The van der Waals surface area contributed by atoms with E-state index in [2.05, 4.69) is 4.98 Å². The molecule has 96 valence electrons. The summed E-state index contributed by atoms with van der Waals surface area (Å²) in [5.41, 5.74) is 0.485. The molecule has 1 unspecified atom stereocenters. The van der Waals surface area contributed by atoms with Gasteiger partial charge in [0.25, 0.3) is 0 Å². The van der Waals surface area contributed by atoms with Crippen LogP contribution in [-0.2, 0) is 15.9 Å². The van der Waals surface area contributed by atoms with Crippen molar-refractivity contribution >= 4 is 11.3 Å². The third-order valence-electron chi connectivity index (χ3n) is 3.42. The molecule has 2 heterocycles. The van der Waals surface area contributed by atoms with Gasteiger partial charge in [-0.3, -0.25) is 0 Å². The highest BCUT2D eigenvalue weighted by Crippen LogP contribution is 2.30. The van der Waals surface area contributed by atoms with E-state index in [1.807, 2.05) is 12.3 Å². The average molecular weight is 257 g/mol. The number of ether oxygens (including phenoxy) is 2. The van der Waals surface area contributed by atoms with Crippen LogP contribution in [-0.4, -0.2) is 42.1 Å². The maximum Gasteiger partial charge on any atom is 0.0983 e. The number of hydrogen-bond acceptors (Lipinski definition) is 5. The molecule has 0 bridgehead atoms. The SMILES string of the molecule is COC1(C(O)Cc2csc(C)n2)CCOCC1. The van der Waals surface area contributed by atoms with Crippen molar-refractivity contribution in [2.24, 2.45) is 0 Å². The van der Waals surface area contributed by atoms with Gasteiger partial charge in [-0.15, -0.1) is 11.3 Å². The Hall–Kier alpha value is -0.490. The monoisotopic (exact) mass is 257 g/mol. The summed E-state index contributed by atoms with van der Waals surface area (Å²) in [6.45, 7) is 3.28. The molecule has 1 atom stereocenters. The van der Waals surface area contributed by atoms with Crippen LogP contribution in [0.15, 0.2) is 5.38 Å². The molecular formula is C12H19NO3S. The fourth-order valence-corrected chi connectivity index (χ4v) is 2.90. The predicted molar refractivity (Wildman–Crippen MR) is 66.4 cm³/mol. The lowest BCUT2D eigenvalue weighted by Gasteiger charge is -2.39. The van der Waals surface area contributed by atoms with Crippen LogP contribution in [0.1, 0.15) is 23.5 Å². The lowest BCUT2D eigenvalue weighted by molar-refractivity contribution is -0.151. The minimum atomic E-state index is -0.516. The van der Waals surface area contributed by atoms with Crippen LogP contribution in [0.4, 0.5) is 0 Å². The van der Waals surface area contributed by atoms with Crippen LogP contribution < -0.4 is 0 Å². The van der Waals surface area contributed by atoms with Crippen LogP contribution in [0.3, 0.4) is 0 Å². The van der Waals surface area contributed by atoms with Crippen molar-refractivity contribution in [3.63, 3.8) is 0 Å². The Morgan fingerprint density at radius 2 is 2.29 bits per heavy atom. The normalized spacial score (nSPS) is 21.4. The smallest absolute Gasteiger partial charge is 0.0983 e. The first-order chi connectivity index (χ1) is 8.16. The van der Waals surface area contributed by atoms with Gasteiger partial charge in [-0.25, -0.2) is 4.98 Å². The second kappa shape index (κ2) is 5.44. The van der Waals surface area contributed by atoms with Crippen LogP contribution in [0.5, 0.6) is 0 Å². The van der Waals surface area contributed by atoms with Gasteiger partial charge in [0.1, 0.15) is 0 Å². The lowest BCUT2D eigenvalue weighted by atomic mass is 9.86. The quantitative estimate of drug-likeness (QED) is 0.889. The Labute approximate surface area is 106 Å². The highest BCUT2D eigenvalue weighted by Gasteiger charge is 2.39. The van der Waals surface area contributed by atoms with Crippen LogP contribution in [0, 0.1) is 6.92 Å². The van der Waals surface area contributed by atoms with E-state index in [4.69, 9.17) is 9.47 Å². The van der Waals surface area contributed by atoms with Gasteiger partial charge in [0, 0.05) is 45.0 Å². The molecule has 4 nitrogen and oxygen atoms in total. The molecule has 0 radical (unpaired) electrons. The number of rotatable bonds is 4. The Morgan fingerprint density at radius 3 is 2.82 bits per heavy atom. The molecular weight excluding hydrogens is 238 g/mol. The first kappa shape index (κ1) is 13.0. The fourth-order valence-electron chi connectivity index (χ4n) is 2.28. The molecule has 0 saturated carbocycles. The zero-order chi connectivity index (χ0) is 12.3. The van der Waals surface area contributed by atoms with Crippen molar-refractivity contribution in [2.45, 2.75) is 37.9 Å². The van der Waals surface area contributed by atoms with E-state index in [-0.39, 0.29) is 0 Å². The van der Waals surface area contributed by atoms with E-state index in [9.17, 15) is 5.11 Å². The largest absolute Gasteiger partial charge is 0.390 e. The number of hydrogen-bond donors (Lipinski definition) is 1. The van der Waals surface area contributed by atoms with Crippen LogP contribution in [0.25, 0.3) is 0 Å². The Kier molecular flexibility index (Phi) is 4.14. The summed E-state index contributed by atoms with van der Waals surface area (Å²) < 4.78 is 10.9. The first-order valence-corrected chi connectivity index (χ1v) is 6.76. The van der Waals surface area contributed by atoms with Crippen LogP contribution >= 0.6 is 11.3 Å². The van der Waals surface area contributed by atoms with Crippen molar-refractivity contribution in [1.29, 1.82) is 0 Å². The predicted octanol–water partition coefficient (Wildman–Crippen LogP) is 1.55. The van der Waals surface area contributed by atoms with Gasteiger partial charge in [0.15, 0.2) is 0 Å². The molecule has 1 N–H and O–H groups in total. The molecule has 5 heteroatoms. The highest BCUT2D eigenvalue weighted by atomic mass is 32.1. The van der Waals surface area contributed by atoms with Crippen molar-refractivity contribution in [3.05, 3.63) is 16.1 Å². The fraction of sp³-hybridized carbons (Fsp3) is 0.750. The number of methoxy groups -OCH3 is 1. The van der Waals surface area contributed by atoms with Gasteiger partial charge >= 0.3 is 0 Å². The lowest BCUT2D eigenvalue weighted by Crippen LogP contribution is -2.49. The molecule has 1 aliphatic heterocycles. The summed E-state index contributed by atoms with van der Waals surface area (Å²) in [5, 5.41) is 13.4. The Balaban J connectivity index is 2.04. The second-order valence-corrected chi connectivity index (χ2v) is 5.52. The van der Waals surface area contributed by atoms with Crippen molar-refractivity contribution in [2.75, 3.05) is 20.3 Å². The molecule has 1 saturated heterocycles. The van der Waals surface area contributed by atoms with Gasteiger partial charge in [-0.2, -0.15) is 0 Å². The standard InChI is InChI=1S/C12H19NO3S/c1-9-13-10(8-17-9)7-11(14)12(15-2)3-5-16-6-4-12/h8,11,14H,3-7H2,1-2H3. The number of aliphatic hydroxyl groups excluding tert-OH is 1. The second-order valence-electron chi connectivity index (χ2n) is 4.46. The average Bonchev–Trinajstić information content (AvgIpc) is 2.75. The summed E-state index contributed by atoms with van der Waals surface area (Å²) in [7, 11) is 1.67. The number of nitrogens with zero attached hydrogens (tertiary/aromatic N) is 1. The van der Waals surface area contributed by atoms with Gasteiger partial charge in [0.2, 0.25) is 0 Å².